The predicted octanol–water partition coefficient (Wildman–Crippen LogP) is 3.62. The van der Waals surface area contributed by atoms with E-state index in [0.29, 0.717) is 24.7 Å². The maximum absolute atomic E-state index is 11.8. The largest absolute Gasteiger partial charge is 0.485 e. The van der Waals surface area contributed by atoms with Crippen LogP contribution in [0.4, 0.5) is 0 Å². The molecule has 0 fully saturated rings. The molecule has 0 radical (unpaired) electrons. The molecule has 1 amide bonds. The van der Waals surface area contributed by atoms with Crippen molar-refractivity contribution in [3.05, 3.63) is 53.0 Å². The summed E-state index contributed by atoms with van der Waals surface area (Å²) in [6, 6.07) is 9.46. The lowest BCUT2D eigenvalue weighted by molar-refractivity contribution is 0.0922. The van der Waals surface area contributed by atoms with E-state index >= 15 is 0 Å². The first kappa shape index (κ1) is 15.2. The highest BCUT2D eigenvalue weighted by Gasteiger charge is 2.11. The van der Waals surface area contributed by atoms with E-state index in [2.05, 4.69) is 5.32 Å². The van der Waals surface area contributed by atoms with Crippen molar-refractivity contribution >= 4 is 5.91 Å². The number of rotatable bonds is 6. The molecule has 0 aliphatic carbocycles. The van der Waals surface area contributed by atoms with Crippen LogP contribution < -0.4 is 10.1 Å². The average Bonchev–Trinajstić information content (AvgIpc) is 2.93. The molecule has 1 aromatic carbocycles. The highest BCUT2D eigenvalue weighted by molar-refractivity contribution is 5.91. The van der Waals surface area contributed by atoms with Crippen LogP contribution in [0.25, 0.3) is 0 Å². The van der Waals surface area contributed by atoms with Crippen molar-refractivity contribution in [2.45, 2.75) is 33.8 Å². The third-order valence-corrected chi connectivity index (χ3v) is 3.19. The number of benzene rings is 1. The SMILES string of the molecule is CCCNC(=O)c1ccc(COc2c(C)cccc2C)o1. The second kappa shape index (κ2) is 6.97. The Bertz CT molecular complexity index is 596. The van der Waals surface area contributed by atoms with E-state index in [0.717, 1.165) is 23.3 Å². The first-order chi connectivity index (χ1) is 10.1. The third-order valence-electron chi connectivity index (χ3n) is 3.19. The van der Waals surface area contributed by atoms with Crippen molar-refractivity contribution in [3.63, 3.8) is 0 Å². The fourth-order valence-corrected chi connectivity index (χ4v) is 2.07. The highest BCUT2D eigenvalue weighted by Crippen LogP contribution is 2.23. The Morgan fingerprint density at radius 3 is 2.57 bits per heavy atom. The van der Waals surface area contributed by atoms with E-state index in [1.807, 2.05) is 39.0 Å². The molecule has 1 aromatic heterocycles. The quantitative estimate of drug-likeness (QED) is 0.883. The zero-order chi connectivity index (χ0) is 15.2. The van der Waals surface area contributed by atoms with Gasteiger partial charge in [0.2, 0.25) is 0 Å². The minimum Gasteiger partial charge on any atom is -0.485 e. The zero-order valence-electron chi connectivity index (χ0n) is 12.7. The Labute approximate surface area is 125 Å². The highest BCUT2D eigenvalue weighted by atomic mass is 16.5. The topological polar surface area (TPSA) is 51.5 Å². The van der Waals surface area contributed by atoms with Crippen molar-refractivity contribution in [1.82, 2.24) is 5.32 Å². The molecule has 21 heavy (non-hydrogen) atoms. The number of furan rings is 1. The first-order valence-electron chi connectivity index (χ1n) is 7.17. The number of ether oxygens (including phenoxy) is 1. The summed E-state index contributed by atoms with van der Waals surface area (Å²) in [6.45, 7) is 6.98. The molecule has 0 spiro atoms. The number of hydrogen-bond acceptors (Lipinski definition) is 3. The van der Waals surface area contributed by atoms with Crippen LogP contribution in [0.5, 0.6) is 5.75 Å². The summed E-state index contributed by atoms with van der Waals surface area (Å²) in [6.07, 6.45) is 0.898. The molecule has 4 nitrogen and oxygen atoms in total. The van der Waals surface area contributed by atoms with Crippen molar-refractivity contribution in [1.29, 1.82) is 0 Å². The molecule has 0 aliphatic rings. The second-order valence-corrected chi connectivity index (χ2v) is 5.03. The van der Waals surface area contributed by atoms with E-state index < -0.39 is 0 Å². The zero-order valence-corrected chi connectivity index (χ0v) is 12.7. The average molecular weight is 287 g/mol. The Kier molecular flexibility index (Phi) is 5.04. The monoisotopic (exact) mass is 287 g/mol. The lowest BCUT2D eigenvalue weighted by Gasteiger charge is -2.10. The van der Waals surface area contributed by atoms with Crippen LogP contribution in [0.15, 0.2) is 34.7 Å². The molecule has 0 bridgehead atoms. The van der Waals surface area contributed by atoms with E-state index in [9.17, 15) is 4.79 Å². The van der Waals surface area contributed by atoms with Gasteiger partial charge in [0, 0.05) is 6.54 Å². The third kappa shape index (κ3) is 3.88. The number of amides is 1. The molecule has 0 saturated carbocycles. The van der Waals surface area contributed by atoms with Crippen LogP contribution in [0.3, 0.4) is 0 Å². The van der Waals surface area contributed by atoms with Gasteiger partial charge in [0.1, 0.15) is 18.1 Å². The van der Waals surface area contributed by atoms with Gasteiger partial charge < -0.3 is 14.5 Å². The first-order valence-corrected chi connectivity index (χ1v) is 7.17. The van der Waals surface area contributed by atoms with Gasteiger partial charge in [0.05, 0.1) is 0 Å². The summed E-state index contributed by atoms with van der Waals surface area (Å²) in [5.41, 5.74) is 2.17. The van der Waals surface area contributed by atoms with Crippen LogP contribution in [-0.2, 0) is 6.61 Å². The number of carbonyl (C=O) groups is 1. The number of para-hydroxylation sites is 1. The van der Waals surface area contributed by atoms with Crippen LogP contribution in [0.1, 0.15) is 40.8 Å². The molecular formula is C17H21NO3. The van der Waals surface area contributed by atoms with E-state index in [1.165, 1.54) is 0 Å². The standard InChI is InChI=1S/C17H21NO3/c1-4-10-18-17(19)15-9-8-14(21-15)11-20-16-12(2)6-5-7-13(16)3/h5-9H,4,10-11H2,1-3H3,(H,18,19). The summed E-state index contributed by atoms with van der Waals surface area (Å²) in [4.78, 5) is 11.8. The fourth-order valence-electron chi connectivity index (χ4n) is 2.07. The van der Waals surface area contributed by atoms with Gasteiger partial charge in [0.25, 0.3) is 5.91 Å². The van der Waals surface area contributed by atoms with Crippen molar-refractivity contribution in [2.75, 3.05) is 6.54 Å². The predicted molar refractivity (Wildman–Crippen MR) is 81.6 cm³/mol. The van der Waals surface area contributed by atoms with Crippen molar-refractivity contribution < 1.29 is 13.9 Å². The molecule has 2 rings (SSSR count). The molecule has 0 aliphatic heterocycles. The second-order valence-electron chi connectivity index (χ2n) is 5.03. The van der Waals surface area contributed by atoms with E-state index in [4.69, 9.17) is 9.15 Å². The normalized spacial score (nSPS) is 10.4. The molecule has 0 atom stereocenters. The molecule has 1 heterocycles. The smallest absolute Gasteiger partial charge is 0.286 e. The van der Waals surface area contributed by atoms with Gasteiger partial charge in [-0.25, -0.2) is 0 Å². The number of carbonyl (C=O) groups excluding carboxylic acids is 1. The molecular weight excluding hydrogens is 266 g/mol. The van der Waals surface area contributed by atoms with Gasteiger partial charge in [-0.2, -0.15) is 0 Å². The van der Waals surface area contributed by atoms with Gasteiger partial charge >= 0.3 is 0 Å². The summed E-state index contributed by atoms with van der Waals surface area (Å²) < 4.78 is 11.3. The molecule has 4 heteroatoms. The minimum atomic E-state index is -0.185. The summed E-state index contributed by atoms with van der Waals surface area (Å²) in [7, 11) is 0. The lowest BCUT2D eigenvalue weighted by atomic mass is 10.1. The van der Waals surface area contributed by atoms with Crippen molar-refractivity contribution in [2.24, 2.45) is 0 Å². The van der Waals surface area contributed by atoms with Crippen LogP contribution in [-0.4, -0.2) is 12.5 Å². The number of hydrogen-bond donors (Lipinski definition) is 1. The number of aryl methyl sites for hydroxylation is 2. The maximum atomic E-state index is 11.8. The Morgan fingerprint density at radius 2 is 1.90 bits per heavy atom. The van der Waals surface area contributed by atoms with Gasteiger partial charge in [-0.3, -0.25) is 4.79 Å². The van der Waals surface area contributed by atoms with Crippen LogP contribution >= 0.6 is 0 Å². The van der Waals surface area contributed by atoms with E-state index in [-0.39, 0.29) is 5.91 Å². The van der Waals surface area contributed by atoms with Crippen molar-refractivity contribution in [3.8, 4) is 5.75 Å². The molecule has 0 saturated heterocycles. The summed E-state index contributed by atoms with van der Waals surface area (Å²) >= 11 is 0. The number of nitrogens with one attached hydrogen (secondary N) is 1. The molecule has 1 N–H and O–H groups in total. The van der Waals surface area contributed by atoms with Gasteiger partial charge in [0.15, 0.2) is 5.76 Å². The van der Waals surface area contributed by atoms with Gasteiger partial charge in [-0.1, -0.05) is 25.1 Å². The fraction of sp³-hybridized carbons (Fsp3) is 0.353. The van der Waals surface area contributed by atoms with Gasteiger partial charge in [-0.05, 0) is 43.5 Å². The molecule has 0 unspecified atom stereocenters. The Hall–Kier alpha value is -2.23. The maximum Gasteiger partial charge on any atom is 0.286 e. The Morgan fingerprint density at radius 1 is 1.19 bits per heavy atom. The summed E-state index contributed by atoms with van der Waals surface area (Å²) in [5.74, 6) is 1.64. The van der Waals surface area contributed by atoms with E-state index in [1.54, 1.807) is 12.1 Å². The Balaban J connectivity index is 1.98. The minimum absolute atomic E-state index is 0.185. The van der Waals surface area contributed by atoms with Crippen LogP contribution in [0, 0.1) is 13.8 Å². The molecule has 112 valence electrons. The summed E-state index contributed by atoms with van der Waals surface area (Å²) in [5, 5.41) is 2.78. The van der Waals surface area contributed by atoms with Gasteiger partial charge in [-0.15, -0.1) is 0 Å². The van der Waals surface area contributed by atoms with Crippen LogP contribution in [0.2, 0.25) is 0 Å². The molecule has 2 aromatic rings. The lowest BCUT2D eigenvalue weighted by Crippen LogP contribution is -2.23.